The van der Waals surface area contributed by atoms with Crippen LogP contribution in [0.5, 0.6) is 0 Å². The van der Waals surface area contributed by atoms with Gasteiger partial charge in [0.25, 0.3) is 11.8 Å². The molecular weight excluding hydrogens is 486 g/mol. The molecule has 38 heavy (non-hydrogen) atoms. The molecule has 0 aliphatic carbocycles. The van der Waals surface area contributed by atoms with Crippen LogP contribution >= 0.6 is 0 Å². The summed E-state index contributed by atoms with van der Waals surface area (Å²) in [5.74, 6) is -0.623. The molecule has 1 aliphatic rings. The molecule has 0 atom stereocenters. The average molecular weight is 516 g/mol. The molecule has 0 bridgehead atoms. The van der Waals surface area contributed by atoms with E-state index in [1.165, 1.54) is 6.20 Å². The summed E-state index contributed by atoms with van der Waals surface area (Å²) in [7, 11) is 1.84. The van der Waals surface area contributed by atoms with Gasteiger partial charge in [0, 0.05) is 56.3 Å². The summed E-state index contributed by atoms with van der Waals surface area (Å²) in [6, 6.07) is 5.26. The van der Waals surface area contributed by atoms with Crippen molar-refractivity contribution in [2.45, 2.75) is 39.2 Å². The van der Waals surface area contributed by atoms with E-state index in [4.69, 9.17) is 0 Å². The molecule has 4 aromatic rings. The minimum absolute atomic E-state index is 0.0977. The molecule has 1 saturated heterocycles. The number of likely N-dealkylation sites (tertiary alicyclic amines) is 1. The number of hydrogen-bond donors (Lipinski definition) is 2. The van der Waals surface area contributed by atoms with Gasteiger partial charge in [0.05, 0.1) is 23.1 Å². The maximum atomic E-state index is 13.1. The van der Waals surface area contributed by atoms with Crippen LogP contribution in [0.1, 0.15) is 53.4 Å². The number of fused-ring (bicyclic) bond motifs is 1. The normalized spacial score (nSPS) is 14.7. The lowest BCUT2D eigenvalue weighted by Crippen LogP contribution is -2.45. The summed E-state index contributed by atoms with van der Waals surface area (Å²) in [6.07, 6.45) is 8.16. The van der Waals surface area contributed by atoms with Crippen LogP contribution < -0.4 is 10.6 Å². The molecule has 0 aromatic carbocycles. The highest BCUT2D eigenvalue weighted by atomic mass is 16.2. The maximum absolute atomic E-state index is 13.1. The topological polar surface area (TPSA) is 139 Å². The first-order chi connectivity index (χ1) is 18.1. The highest BCUT2D eigenvalue weighted by Crippen LogP contribution is 2.28. The third-order valence-corrected chi connectivity index (χ3v) is 6.85. The molecule has 0 saturated carbocycles. The fourth-order valence-corrected chi connectivity index (χ4v) is 4.59. The second-order valence-electron chi connectivity index (χ2n) is 9.99. The number of nitrogens with zero attached hydrogens (tertiary/aromatic N) is 7. The van der Waals surface area contributed by atoms with Crippen LogP contribution in [0, 0.1) is 6.92 Å². The van der Waals surface area contributed by atoms with Crippen LogP contribution in [0.4, 0.5) is 5.69 Å². The zero-order valence-corrected chi connectivity index (χ0v) is 21.7. The molecule has 3 amide bonds. The molecule has 5 heterocycles. The smallest absolute Gasteiger partial charge is 0.294 e. The van der Waals surface area contributed by atoms with Gasteiger partial charge >= 0.3 is 0 Å². The number of nitrogens with one attached hydrogen (secondary N) is 2. The van der Waals surface area contributed by atoms with Crippen LogP contribution in [0.15, 0.2) is 43.0 Å². The van der Waals surface area contributed by atoms with Crippen molar-refractivity contribution in [3.8, 4) is 11.1 Å². The van der Waals surface area contributed by atoms with Crippen LogP contribution in [0.3, 0.4) is 0 Å². The van der Waals surface area contributed by atoms with Crippen molar-refractivity contribution in [2.24, 2.45) is 7.05 Å². The van der Waals surface area contributed by atoms with E-state index in [-0.39, 0.29) is 23.2 Å². The molecule has 5 rings (SSSR count). The summed E-state index contributed by atoms with van der Waals surface area (Å²) in [4.78, 5) is 44.0. The van der Waals surface area contributed by atoms with E-state index in [1.807, 2.05) is 39.2 Å². The van der Waals surface area contributed by atoms with E-state index in [0.29, 0.717) is 42.1 Å². The number of carbonyl (C=O) groups is 3. The van der Waals surface area contributed by atoms with Gasteiger partial charge in [0.2, 0.25) is 11.7 Å². The lowest BCUT2D eigenvalue weighted by molar-refractivity contribution is -0.130. The first-order valence-corrected chi connectivity index (χ1v) is 12.3. The van der Waals surface area contributed by atoms with Gasteiger partial charge in [-0.2, -0.15) is 5.10 Å². The van der Waals surface area contributed by atoms with Crippen molar-refractivity contribution >= 4 is 29.1 Å². The standard InChI is InChI=1S/C26H29N9O3/c1-16-20(11-18(13-28-16)24(37)27-8-10-35-22(36)5-7-26(35,2)3)30-25(38)23-32-31-21-12-17(6-9-34(21)23)19-14-29-33(4)15-19/h6,9,11-15H,5,7-8,10H2,1-4H3,(H,27,37)(H,30,38). The minimum atomic E-state index is -0.483. The van der Waals surface area contributed by atoms with E-state index in [0.717, 1.165) is 17.5 Å². The Bertz CT molecular complexity index is 1550. The van der Waals surface area contributed by atoms with Gasteiger partial charge in [-0.1, -0.05) is 0 Å². The summed E-state index contributed by atoms with van der Waals surface area (Å²) >= 11 is 0. The Morgan fingerprint density at radius 1 is 1.11 bits per heavy atom. The number of anilines is 1. The van der Waals surface area contributed by atoms with E-state index in [2.05, 4.69) is 30.9 Å². The fraction of sp³-hybridized carbons (Fsp3) is 0.346. The number of rotatable bonds is 7. The molecule has 12 heteroatoms. The fourth-order valence-electron chi connectivity index (χ4n) is 4.59. The van der Waals surface area contributed by atoms with Crippen molar-refractivity contribution in [1.82, 2.24) is 39.6 Å². The van der Waals surface area contributed by atoms with Crippen molar-refractivity contribution < 1.29 is 14.4 Å². The summed E-state index contributed by atoms with van der Waals surface area (Å²) in [5.41, 5.74) is 3.37. The highest BCUT2D eigenvalue weighted by molar-refractivity contribution is 6.03. The second-order valence-corrected chi connectivity index (χ2v) is 9.99. The lowest BCUT2D eigenvalue weighted by Gasteiger charge is -2.31. The van der Waals surface area contributed by atoms with E-state index < -0.39 is 5.91 Å². The largest absolute Gasteiger partial charge is 0.350 e. The maximum Gasteiger partial charge on any atom is 0.294 e. The van der Waals surface area contributed by atoms with E-state index >= 15 is 0 Å². The predicted molar refractivity (Wildman–Crippen MR) is 139 cm³/mol. The molecule has 0 unspecified atom stereocenters. The average Bonchev–Trinajstić information content (AvgIpc) is 3.58. The van der Waals surface area contributed by atoms with Crippen molar-refractivity contribution in [2.75, 3.05) is 18.4 Å². The monoisotopic (exact) mass is 515 g/mol. The Morgan fingerprint density at radius 3 is 2.63 bits per heavy atom. The molecule has 1 fully saturated rings. The molecule has 196 valence electrons. The molecule has 0 radical (unpaired) electrons. The summed E-state index contributed by atoms with van der Waals surface area (Å²) in [5, 5.41) is 18.0. The van der Waals surface area contributed by atoms with Crippen molar-refractivity contribution in [3.63, 3.8) is 0 Å². The van der Waals surface area contributed by atoms with Gasteiger partial charge in [-0.15, -0.1) is 10.2 Å². The van der Waals surface area contributed by atoms with Crippen molar-refractivity contribution in [1.29, 1.82) is 0 Å². The number of hydrogen-bond acceptors (Lipinski definition) is 7. The zero-order chi connectivity index (χ0) is 27.0. The SMILES string of the molecule is Cc1ncc(C(=O)NCCN2C(=O)CCC2(C)C)cc1NC(=O)c1nnc2cc(-c3cnn(C)c3)ccn12. The second kappa shape index (κ2) is 9.69. The molecule has 2 N–H and O–H groups in total. The van der Waals surface area contributed by atoms with Crippen molar-refractivity contribution in [3.05, 3.63) is 60.1 Å². The van der Waals surface area contributed by atoms with Crippen LogP contribution in [-0.2, 0) is 11.8 Å². The van der Waals surface area contributed by atoms with Crippen LogP contribution in [0.25, 0.3) is 16.8 Å². The molecular formula is C26H29N9O3. The third-order valence-electron chi connectivity index (χ3n) is 6.85. The molecule has 4 aromatic heterocycles. The van der Waals surface area contributed by atoms with Crippen LogP contribution in [0.2, 0.25) is 0 Å². The Balaban J connectivity index is 1.27. The predicted octanol–water partition coefficient (Wildman–Crippen LogP) is 2.22. The zero-order valence-electron chi connectivity index (χ0n) is 21.7. The molecule has 0 spiro atoms. The first-order valence-electron chi connectivity index (χ1n) is 12.3. The van der Waals surface area contributed by atoms with Gasteiger partial charge in [-0.25, -0.2) is 0 Å². The number of pyridine rings is 2. The Hall–Kier alpha value is -4.61. The Morgan fingerprint density at radius 2 is 1.92 bits per heavy atom. The van der Waals surface area contributed by atoms with Gasteiger partial charge in [0.1, 0.15) is 0 Å². The Labute approximate surface area is 219 Å². The number of amides is 3. The van der Waals surface area contributed by atoms with Gasteiger partial charge in [0.15, 0.2) is 5.65 Å². The third kappa shape index (κ3) is 4.84. The molecule has 1 aliphatic heterocycles. The summed E-state index contributed by atoms with van der Waals surface area (Å²) < 4.78 is 3.30. The number of aryl methyl sites for hydroxylation is 2. The lowest BCUT2D eigenvalue weighted by atomic mass is 10.0. The molecule has 12 nitrogen and oxygen atoms in total. The van der Waals surface area contributed by atoms with Gasteiger partial charge in [-0.05, 0) is 51.0 Å². The van der Waals surface area contributed by atoms with E-state index in [1.54, 1.807) is 39.4 Å². The van der Waals surface area contributed by atoms with E-state index in [9.17, 15) is 14.4 Å². The van der Waals surface area contributed by atoms with Gasteiger partial charge in [-0.3, -0.25) is 28.5 Å². The Kier molecular flexibility index (Phi) is 6.39. The minimum Gasteiger partial charge on any atom is -0.350 e. The highest BCUT2D eigenvalue weighted by Gasteiger charge is 2.36. The van der Waals surface area contributed by atoms with Gasteiger partial charge < -0.3 is 15.5 Å². The van der Waals surface area contributed by atoms with Crippen LogP contribution in [-0.4, -0.2) is 70.6 Å². The first kappa shape index (κ1) is 25.1. The number of aromatic nitrogens is 6. The quantitative estimate of drug-likeness (QED) is 0.385. The summed E-state index contributed by atoms with van der Waals surface area (Å²) in [6.45, 7) is 6.54. The number of carbonyl (C=O) groups excluding carboxylic acids is 3.